The van der Waals surface area contributed by atoms with Crippen LogP contribution in [-0.2, 0) is 0 Å². The summed E-state index contributed by atoms with van der Waals surface area (Å²) in [7, 11) is 3.13. The van der Waals surface area contributed by atoms with E-state index in [0.29, 0.717) is 17.1 Å². The molecule has 0 aliphatic carbocycles. The standard InChI is InChI=1S/C16H20N2O3/c1-11(2)17-16(19)12-9-14(20-3)15(21-4)10-13(12)18-7-5-6-8-18/h5-11H,1-4H3,(H,17,19). The second-order valence-corrected chi connectivity index (χ2v) is 4.94. The third-order valence-corrected chi connectivity index (χ3v) is 3.05. The molecule has 0 atom stereocenters. The Morgan fingerprint density at radius 1 is 1.10 bits per heavy atom. The molecule has 2 aromatic rings. The van der Waals surface area contributed by atoms with E-state index in [1.807, 2.05) is 42.9 Å². The normalized spacial score (nSPS) is 10.5. The zero-order valence-corrected chi connectivity index (χ0v) is 12.7. The predicted octanol–water partition coefficient (Wildman–Crippen LogP) is 2.63. The molecule has 5 nitrogen and oxygen atoms in total. The van der Waals surface area contributed by atoms with Crippen molar-refractivity contribution >= 4 is 5.91 Å². The van der Waals surface area contributed by atoms with Gasteiger partial charge in [-0.05, 0) is 32.0 Å². The van der Waals surface area contributed by atoms with Crippen LogP contribution in [0.2, 0.25) is 0 Å². The minimum absolute atomic E-state index is 0.0584. The number of nitrogens with zero attached hydrogens (tertiary/aromatic N) is 1. The number of carbonyl (C=O) groups excluding carboxylic acids is 1. The highest BCUT2D eigenvalue weighted by Gasteiger charge is 2.18. The molecule has 0 fully saturated rings. The van der Waals surface area contributed by atoms with E-state index in [4.69, 9.17) is 9.47 Å². The van der Waals surface area contributed by atoms with Crippen LogP contribution in [0.15, 0.2) is 36.7 Å². The van der Waals surface area contributed by atoms with Crippen molar-refractivity contribution in [2.24, 2.45) is 0 Å². The molecular weight excluding hydrogens is 268 g/mol. The summed E-state index contributed by atoms with van der Waals surface area (Å²) in [5.41, 5.74) is 1.29. The molecule has 112 valence electrons. The minimum Gasteiger partial charge on any atom is -0.493 e. The molecule has 0 bridgehead atoms. The van der Waals surface area contributed by atoms with E-state index in [1.165, 1.54) is 0 Å². The van der Waals surface area contributed by atoms with Crippen molar-refractivity contribution in [3.8, 4) is 17.2 Å². The maximum absolute atomic E-state index is 12.4. The van der Waals surface area contributed by atoms with Crippen LogP contribution in [-0.4, -0.2) is 30.7 Å². The average molecular weight is 288 g/mol. The lowest BCUT2D eigenvalue weighted by molar-refractivity contribution is 0.0942. The first-order valence-electron chi connectivity index (χ1n) is 6.77. The Hall–Kier alpha value is -2.43. The minimum atomic E-state index is -0.144. The van der Waals surface area contributed by atoms with E-state index in [0.717, 1.165) is 5.69 Å². The Morgan fingerprint density at radius 2 is 1.67 bits per heavy atom. The summed E-state index contributed by atoms with van der Waals surface area (Å²) in [6.45, 7) is 3.85. The number of amides is 1. The second-order valence-electron chi connectivity index (χ2n) is 4.94. The zero-order valence-electron chi connectivity index (χ0n) is 12.7. The summed E-state index contributed by atoms with van der Waals surface area (Å²) in [6.07, 6.45) is 3.76. The van der Waals surface area contributed by atoms with Crippen LogP contribution in [0.3, 0.4) is 0 Å². The number of carbonyl (C=O) groups is 1. The Labute approximate surface area is 124 Å². The Bertz CT molecular complexity index is 619. The van der Waals surface area contributed by atoms with Gasteiger partial charge in [-0.25, -0.2) is 0 Å². The van der Waals surface area contributed by atoms with Gasteiger partial charge in [0.05, 0.1) is 25.5 Å². The van der Waals surface area contributed by atoms with Gasteiger partial charge < -0.3 is 19.4 Å². The van der Waals surface area contributed by atoms with Gasteiger partial charge in [0.15, 0.2) is 11.5 Å². The van der Waals surface area contributed by atoms with E-state index in [9.17, 15) is 4.79 Å². The second kappa shape index (κ2) is 6.35. The van der Waals surface area contributed by atoms with Crippen LogP contribution in [0, 0.1) is 0 Å². The van der Waals surface area contributed by atoms with Crippen LogP contribution in [0.4, 0.5) is 0 Å². The summed E-state index contributed by atoms with van der Waals surface area (Å²) >= 11 is 0. The number of nitrogens with one attached hydrogen (secondary N) is 1. The zero-order chi connectivity index (χ0) is 15.4. The molecule has 0 unspecified atom stereocenters. The molecule has 0 saturated carbocycles. The molecule has 1 amide bonds. The SMILES string of the molecule is COc1cc(C(=O)NC(C)C)c(-n2cccc2)cc1OC. The highest BCUT2D eigenvalue weighted by molar-refractivity contribution is 5.98. The highest BCUT2D eigenvalue weighted by atomic mass is 16.5. The molecule has 0 saturated heterocycles. The molecule has 0 spiro atoms. The van der Waals surface area contributed by atoms with Crippen molar-refractivity contribution in [3.63, 3.8) is 0 Å². The van der Waals surface area contributed by atoms with E-state index < -0.39 is 0 Å². The molecule has 1 N–H and O–H groups in total. The summed E-state index contributed by atoms with van der Waals surface area (Å²) in [4.78, 5) is 12.4. The van der Waals surface area contributed by atoms with Gasteiger partial charge in [-0.15, -0.1) is 0 Å². The first-order chi connectivity index (χ1) is 10.1. The molecule has 1 aromatic carbocycles. The third-order valence-electron chi connectivity index (χ3n) is 3.05. The lowest BCUT2D eigenvalue weighted by atomic mass is 10.1. The largest absolute Gasteiger partial charge is 0.493 e. The molecule has 0 radical (unpaired) electrons. The van der Waals surface area contributed by atoms with E-state index >= 15 is 0 Å². The Morgan fingerprint density at radius 3 is 2.19 bits per heavy atom. The van der Waals surface area contributed by atoms with Crippen molar-refractivity contribution < 1.29 is 14.3 Å². The molecule has 2 rings (SSSR count). The third kappa shape index (κ3) is 3.18. The van der Waals surface area contributed by atoms with Gasteiger partial charge in [-0.1, -0.05) is 0 Å². The van der Waals surface area contributed by atoms with Gasteiger partial charge in [0.1, 0.15) is 0 Å². The highest BCUT2D eigenvalue weighted by Crippen LogP contribution is 2.32. The van der Waals surface area contributed by atoms with Crippen molar-refractivity contribution in [1.82, 2.24) is 9.88 Å². The maximum atomic E-state index is 12.4. The lowest BCUT2D eigenvalue weighted by Gasteiger charge is -2.16. The van der Waals surface area contributed by atoms with Crippen LogP contribution in [0.1, 0.15) is 24.2 Å². The quantitative estimate of drug-likeness (QED) is 0.920. The van der Waals surface area contributed by atoms with Gasteiger partial charge in [0, 0.05) is 24.5 Å². The van der Waals surface area contributed by atoms with E-state index in [-0.39, 0.29) is 11.9 Å². The molecule has 0 aliphatic heterocycles. The fourth-order valence-electron chi connectivity index (χ4n) is 2.10. The Balaban J connectivity index is 2.57. The number of ether oxygens (including phenoxy) is 2. The molecular formula is C16H20N2O3. The lowest BCUT2D eigenvalue weighted by Crippen LogP contribution is -2.31. The van der Waals surface area contributed by atoms with Crippen LogP contribution in [0.5, 0.6) is 11.5 Å². The molecule has 0 aliphatic rings. The van der Waals surface area contributed by atoms with Gasteiger partial charge in [-0.2, -0.15) is 0 Å². The predicted molar refractivity (Wildman–Crippen MR) is 81.5 cm³/mol. The number of methoxy groups -OCH3 is 2. The van der Waals surface area contributed by atoms with Gasteiger partial charge in [-0.3, -0.25) is 4.79 Å². The number of hydrogen-bond acceptors (Lipinski definition) is 3. The van der Waals surface area contributed by atoms with Crippen LogP contribution < -0.4 is 14.8 Å². The summed E-state index contributed by atoms with van der Waals surface area (Å²) in [5, 5.41) is 2.90. The Kier molecular flexibility index (Phi) is 4.52. The molecule has 5 heteroatoms. The monoisotopic (exact) mass is 288 g/mol. The summed E-state index contributed by atoms with van der Waals surface area (Å²) < 4.78 is 12.5. The van der Waals surface area contributed by atoms with Crippen molar-refractivity contribution in [2.45, 2.75) is 19.9 Å². The topological polar surface area (TPSA) is 52.5 Å². The van der Waals surface area contributed by atoms with Gasteiger partial charge in [0.25, 0.3) is 5.91 Å². The molecule has 21 heavy (non-hydrogen) atoms. The maximum Gasteiger partial charge on any atom is 0.253 e. The molecule has 1 heterocycles. The fourth-order valence-corrected chi connectivity index (χ4v) is 2.10. The fraction of sp³-hybridized carbons (Fsp3) is 0.312. The first kappa shape index (κ1) is 15.0. The smallest absolute Gasteiger partial charge is 0.253 e. The van der Waals surface area contributed by atoms with Crippen LogP contribution in [0.25, 0.3) is 5.69 Å². The first-order valence-corrected chi connectivity index (χ1v) is 6.77. The van der Waals surface area contributed by atoms with Crippen molar-refractivity contribution in [1.29, 1.82) is 0 Å². The van der Waals surface area contributed by atoms with Gasteiger partial charge >= 0.3 is 0 Å². The number of hydrogen-bond donors (Lipinski definition) is 1. The van der Waals surface area contributed by atoms with Crippen molar-refractivity contribution in [3.05, 3.63) is 42.2 Å². The van der Waals surface area contributed by atoms with E-state index in [2.05, 4.69) is 5.32 Å². The number of aromatic nitrogens is 1. The van der Waals surface area contributed by atoms with Crippen molar-refractivity contribution in [2.75, 3.05) is 14.2 Å². The average Bonchev–Trinajstić information content (AvgIpc) is 2.99. The molecule has 1 aromatic heterocycles. The summed E-state index contributed by atoms with van der Waals surface area (Å²) in [5.74, 6) is 0.972. The number of rotatable bonds is 5. The van der Waals surface area contributed by atoms with Gasteiger partial charge in [0.2, 0.25) is 0 Å². The van der Waals surface area contributed by atoms with Crippen LogP contribution >= 0.6 is 0 Å². The van der Waals surface area contributed by atoms with E-state index in [1.54, 1.807) is 26.4 Å². The summed E-state index contributed by atoms with van der Waals surface area (Å²) in [6, 6.07) is 7.37. The number of benzene rings is 1.